The van der Waals surface area contributed by atoms with Crippen LogP contribution < -0.4 is 11.1 Å². The van der Waals surface area contributed by atoms with Crippen molar-refractivity contribution in [1.29, 1.82) is 0 Å². The number of sulfone groups is 1. The lowest BCUT2D eigenvalue weighted by Crippen LogP contribution is -2.14. The molecule has 0 fully saturated rings. The van der Waals surface area contributed by atoms with Gasteiger partial charge in [0.2, 0.25) is 0 Å². The summed E-state index contributed by atoms with van der Waals surface area (Å²) in [6, 6.07) is 5.77. The van der Waals surface area contributed by atoms with E-state index in [2.05, 4.69) is 27.0 Å². The monoisotopic (exact) mass is 528 g/mol. The molecule has 2 aromatic heterocycles. The second kappa shape index (κ2) is 9.88. The molecule has 0 aliphatic rings. The SMILES string of the molecule is C=C(N=C/C(=C(\N)n1ccc(C(F)(F)F)n1)c1cncc(S(C)(=O)=O)c1)Nc1ccc(F)c(Cl)c1. The number of alkyl halides is 3. The summed E-state index contributed by atoms with van der Waals surface area (Å²) in [5, 5.41) is 6.06. The van der Waals surface area contributed by atoms with Crippen LogP contribution in [0.2, 0.25) is 5.02 Å². The first-order chi connectivity index (χ1) is 16.3. The van der Waals surface area contributed by atoms with Crippen LogP contribution in [0.5, 0.6) is 0 Å². The zero-order valence-corrected chi connectivity index (χ0v) is 19.5. The smallest absolute Gasteiger partial charge is 0.383 e. The molecular formula is C21H17ClF4N6O2S. The van der Waals surface area contributed by atoms with E-state index in [0.29, 0.717) is 5.69 Å². The number of hydrogen-bond acceptors (Lipinski definition) is 7. The molecule has 3 rings (SSSR count). The Balaban J connectivity index is 2.04. The van der Waals surface area contributed by atoms with Gasteiger partial charge in [-0.3, -0.25) is 4.98 Å². The van der Waals surface area contributed by atoms with Crippen molar-refractivity contribution in [3.05, 3.63) is 83.4 Å². The van der Waals surface area contributed by atoms with Gasteiger partial charge in [-0.05, 0) is 30.3 Å². The number of pyridine rings is 1. The fourth-order valence-corrected chi connectivity index (χ4v) is 3.48. The number of aliphatic imine (C=N–C) groups is 1. The molecule has 184 valence electrons. The maximum Gasteiger partial charge on any atom is 0.435 e. The number of nitrogens with two attached hydrogens (primary N) is 1. The van der Waals surface area contributed by atoms with Gasteiger partial charge >= 0.3 is 6.18 Å². The van der Waals surface area contributed by atoms with Gasteiger partial charge in [-0.1, -0.05) is 18.2 Å². The third-order valence-corrected chi connectivity index (χ3v) is 5.78. The Kier molecular flexibility index (Phi) is 7.31. The quantitative estimate of drug-likeness (QED) is 0.346. The summed E-state index contributed by atoms with van der Waals surface area (Å²) in [7, 11) is -3.66. The predicted octanol–water partition coefficient (Wildman–Crippen LogP) is 4.43. The summed E-state index contributed by atoms with van der Waals surface area (Å²) < 4.78 is 77.0. The van der Waals surface area contributed by atoms with Gasteiger partial charge in [0.05, 0.1) is 9.92 Å². The van der Waals surface area contributed by atoms with E-state index in [1.807, 2.05) is 0 Å². The minimum Gasteiger partial charge on any atom is -0.383 e. The number of nitrogens with one attached hydrogen (secondary N) is 1. The number of nitrogens with zero attached hydrogens (tertiary/aromatic N) is 4. The van der Waals surface area contributed by atoms with E-state index in [-0.39, 0.29) is 32.7 Å². The molecule has 0 aliphatic carbocycles. The number of benzene rings is 1. The van der Waals surface area contributed by atoms with Crippen LogP contribution in [0.1, 0.15) is 11.3 Å². The summed E-state index contributed by atoms with van der Waals surface area (Å²) in [6.45, 7) is 3.70. The Hall–Kier alpha value is -3.71. The summed E-state index contributed by atoms with van der Waals surface area (Å²) in [5.74, 6) is -0.893. The van der Waals surface area contributed by atoms with Crippen molar-refractivity contribution in [2.75, 3.05) is 11.6 Å². The highest BCUT2D eigenvalue weighted by Crippen LogP contribution is 2.28. The van der Waals surface area contributed by atoms with E-state index in [9.17, 15) is 26.0 Å². The van der Waals surface area contributed by atoms with Gasteiger partial charge in [-0.25, -0.2) is 22.5 Å². The summed E-state index contributed by atoms with van der Waals surface area (Å²) in [4.78, 5) is 7.82. The van der Waals surface area contributed by atoms with Gasteiger partial charge in [0.1, 0.15) is 17.5 Å². The van der Waals surface area contributed by atoms with Crippen molar-refractivity contribution in [1.82, 2.24) is 14.8 Å². The van der Waals surface area contributed by atoms with Gasteiger partial charge in [0.25, 0.3) is 0 Å². The maximum atomic E-state index is 13.4. The van der Waals surface area contributed by atoms with Crippen LogP contribution in [0, 0.1) is 5.82 Å². The van der Waals surface area contributed by atoms with E-state index in [0.717, 1.165) is 41.7 Å². The average Bonchev–Trinajstić information content (AvgIpc) is 3.27. The third kappa shape index (κ3) is 6.45. The number of allylic oxidation sites excluding steroid dienone is 1. The van der Waals surface area contributed by atoms with Crippen molar-refractivity contribution >= 4 is 44.7 Å². The molecule has 0 spiro atoms. The molecule has 3 aromatic rings. The Labute approximate surface area is 202 Å². The first-order valence-electron chi connectivity index (χ1n) is 9.49. The van der Waals surface area contributed by atoms with Gasteiger partial charge in [-0.15, -0.1) is 0 Å². The summed E-state index contributed by atoms with van der Waals surface area (Å²) in [5.41, 5.74) is 5.41. The molecule has 0 saturated carbocycles. The fourth-order valence-electron chi connectivity index (χ4n) is 2.71. The average molecular weight is 529 g/mol. The minimum absolute atomic E-state index is 0.0000805. The third-order valence-electron chi connectivity index (χ3n) is 4.41. The molecule has 8 nitrogen and oxygen atoms in total. The maximum absolute atomic E-state index is 13.4. The van der Waals surface area contributed by atoms with Gasteiger partial charge < -0.3 is 11.1 Å². The molecule has 0 saturated heterocycles. The molecule has 35 heavy (non-hydrogen) atoms. The topological polar surface area (TPSA) is 115 Å². The number of hydrogen-bond donors (Lipinski definition) is 2. The van der Waals surface area contributed by atoms with E-state index in [4.69, 9.17) is 17.3 Å². The Morgan fingerprint density at radius 1 is 1.26 bits per heavy atom. The highest BCUT2D eigenvalue weighted by molar-refractivity contribution is 7.90. The zero-order chi connectivity index (χ0) is 26.0. The molecule has 0 aliphatic heterocycles. The van der Waals surface area contributed by atoms with Gasteiger partial charge in [0, 0.05) is 47.9 Å². The van der Waals surface area contributed by atoms with Crippen molar-refractivity contribution in [2.24, 2.45) is 10.7 Å². The molecule has 2 heterocycles. The molecule has 14 heteroatoms. The van der Waals surface area contributed by atoms with Crippen LogP contribution in [0.4, 0.5) is 23.2 Å². The number of anilines is 1. The van der Waals surface area contributed by atoms with Crippen LogP contribution >= 0.6 is 11.6 Å². The largest absolute Gasteiger partial charge is 0.435 e. The van der Waals surface area contributed by atoms with Gasteiger partial charge in [0.15, 0.2) is 15.5 Å². The number of aromatic nitrogens is 3. The normalized spacial score (nSPS) is 13.1. The van der Waals surface area contributed by atoms with Crippen molar-refractivity contribution < 1.29 is 26.0 Å². The number of halogens is 5. The Morgan fingerprint density at radius 2 is 1.97 bits per heavy atom. The Bertz CT molecular complexity index is 1450. The standard InChI is InChI=1S/C21H17ClF4N6O2S/c1-12(30-14-3-4-18(23)17(22)8-14)29-11-16(13-7-15(10-28-9-13)35(2,33)34)20(27)32-6-5-19(31-32)21(24,25)26/h3-11,30H,1,27H2,2H3/b20-16-,29-11?. The lowest BCUT2D eigenvalue weighted by Gasteiger charge is -2.11. The first kappa shape index (κ1) is 25.9. The molecule has 0 bridgehead atoms. The van der Waals surface area contributed by atoms with Crippen LogP contribution in [0.3, 0.4) is 0 Å². The van der Waals surface area contributed by atoms with Crippen molar-refractivity contribution in [3.63, 3.8) is 0 Å². The lowest BCUT2D eigenvalue weighted by molar-refractivity contribution is -0.141. The molecular weight excluding hydrogens is 512 g/mol. The molecule has 1 aromatic carbocycles. The fraction of sp³-hybridized carbons (Fsp3) is 0.0952. The zero-order valence-electron chi connectivity index (χ0n) is 17.9. The van der Waals surface area contributed by atoms with Crippen LogP contribution in [-0.2, 0) is 16.0 Å². The molecule has 0 unspecified atom stereocenters. The summed E-state index contributed by atoms with van der Waals surface area (Å²) >= 11 is 5.75. The van der Waals surface area contributed by atoms with E-state index < -0.39 is 27.5 Å². The first-order valence-corrected chi connectivity index (χ1v) is 11.8. The van der Waals surface area contributed by atoms with E-state index in [1.165, 1.54) is 24.4 Å². The molecule has 0 amide bonds. The molecule has 3 N–H and O–H groups in total. The molecule has 0 radical (unpaired) electrons. The highest BCUT2D eigenvalue weighted by atomic mass is 35.5. The second-order valence-corrected chi connectivity index (χ2v) is 9.51. The predicted molar refractivity (Wildman–Crippen MR) is 125 cm³/mol. The van der Waals surface area contributed by atoms with Crippen molar-refractivity contribution in [2.45, 2.75) is 11.1 Å². The van der Waals surface area contributed by atoms with E-state index in [1.54, 1.807) is 0 Å². The minimum atomic E-state index is -4.70. The van der Waals surface area contributed by atoms with Gasteiger partial charge in [-0.2, -0.15) is 18.3 Å². The summed E-state index contributed by atoms with van der Waals surface area (Å²) in [6.07, 6.45) is 0.774. The van der Waals surface area contributed by atoms with Crippen LogP contribution in [-0.4, -0.2) is 35.7 Å². The lowest BCUT2D eigenvalue weighted by atomic mass is 10.1. The van der Waals surface area contributed by atoms with Crippen LogP contribution in [0.25, 0.3) is 11.4 Å². The Morgan fingerprint density at radius 3 is 2.57 bits per heavy atom. The molecule has 0 atom stereocenters. The van der Waals surface area contributed by atoms with E-state index >= 15 is 0 Å². The number of rotatable bonds is 7. The second-order valence-electron chi connectivity index (χ2n) is 7.08. The van der Waals surface area contributed by atoms with Crippen LogP contribution in [0.15, 0.2) is 71.2 Å². The van der Waals surface area contributed by atoms with Crippen molar-refractivity contribution in [3.8, 4) is 0 Å². The highest BCUT2D eigenvalue weighted by Gasteiger charge is 2.33.